The van der Waals surface area contributed by atoms with E-state index in [4.69, 9.17) is 27.9 Å². The number of hydrogen-bond acceptors (Lipinski definition) is 6. The number of imide groups is 2. The lowest BCUT2D eigenvalue weighted by Crippen LogP contribution is -2.54. The molecule has 1 fully saturated rings. The van der Waals surface area contributed by atoms with Crippen molar-refractivity contribution < 1.29 is 28.4 Å². The van der Waals surface area contributed by atoms with Crippen LogP contribution in [0.3, 0.4) is 0 Å². The molecule has 12 heteroatoms. The maximum absolute atomic E-state index is 13.8. The summed E-state index contributed by atoms with van der Waals surface area (Å²) in [5, 5.41) is 13.0. The summed E-state index contributed by atoms with van der Waals surface area (Å²) < 4.78 is 19.4. The van der Waals surface area contributed by atoms with Crippen LogP contribution in [0.4, 0.5) is 20.6 Å². The Bertz CT molecular complexity index is 1420. The van der Waals surface area contributed by atoms with E-state index in [1.807, 2.05) is 5.32 Å². The van der Waals surface area contributed by atoms with Crippen molar-refractivity contribution in [3.63, 3.8) is 0 Å². The van der Waals surface area contributed by atoms with Crippen molar-refractivity contribution in [3.8, 4) is 5.75 Å². The molecule has 0 saturated carbocycles. The fraction of sp³-hybridized carbons (Fsp3) is 0.0417. The number of carbonyl (C=O) groups excluding carboxylic acids is 3. The van der Waals surface area contributed by atoms with Crippen LogP contribution in [0.2, 0.25) is 10.0 Å². The first-order valence-electron chi connectivity index (χ1n) is 10.2. The number of barbiturate groups is 1. The second kappa shape index (κ2) is 10.1. The molecule has 0 spiro atoms. The third-order valence-electron chi connectivity index (χ3n) is 5.08. The lowest BCUT2D eigenvalue weighted by Gasteiger charge is -2.26. The number of urea groups is 1. The van der Waals surface area contributed by atoms with Crippen molar-refractivity contribution in [1.29, 1.82) is 0 Å². The monoisotopic (exact) mass is 529 g/mol. The van der Waals surface area contributed by atoms with Gasteiger partial charge in [-0.2, -0.15) is 0 Å². The molecule has 0 aromatic heterocycles. The SMILES string of the molecule is O=C1NC(=O)N(c2ccc([N+](=O)[O-])cc2)C(=O)/C1=C/c1cc(Cl)c(OCc2ccccc2F)c(Cl)c1. The number of anilines is 1. The van der Waals surface area contributed by atoms with Gasteiger partial charge in [-0.3, -0.25) is 25.0 Å². The largest absolute Gasteiger partial charge is 0.486 e. The molecule has 4 rings (SSSR count). The molecule has 36 heavy (non-hydrogen) atoms. The van der Waals surface area contributed by atoms with Crippen LogP contribution in [0.25, 0.3) is 6.08 Å². The second-order valence-corrected chi connectivity index (χ2v) is 8.24. The molecule has 3 aromatic rings. The molecule has 3 aromatic carbocycles. The van der Waals surface area contributed by atoms with Gasteiger partial charge in [0.2, 0.25) is 0 Å². The Hall–Kier alpha value is -4.28. The van der Waals surface area contributed by atoms with Crippen LogP contribution in [-0.4, -0.2) is 22.8 Å². The molecule has 0 aliphatic carbocycles. The Labute approximate surface area is 212 Å². The molecule has 0 radical (unpaired) electrons. The minimum absolute atomic E-state index is 0.0226. The molecular formula is C24H14Cl2FN3O6. The van der Waals surface area contributed by atoms with Gasteiger partial charge >= 0.3 is 6.03 Å². The van der Waals surface area contributed by atoms with Crippen LogP contribution in [0.1, 0.15) is 11.1 Å². The molecule has 1 aliphatic heterocycles. The van der Waals surface area contributed by atoms with Crippen molar-refractivity contribution >= 4 is 58.5 Å². The smallest absolute Gasteiger partial charge is 0.335 e. The molecule has 182 valence electrons. The van der Waals surface area contributed by atoms with E-state index >= 15 is 0 Å². The zero-order valence-corrected chi connectivity index (χ0v) is 19.5. The van der Waals surface area contributed by atoms with Crippen molar-refractivity contribution in [2.45, 2.75) is 6.61 Å². The minimum atomic E-state index is -1.01. The van der Waals surface area contributed by atoms with Gasteiger partial charge < -0.3 is 4.74 Å². The number of nitro groups is 1. The van der Waals surface area contributed by atoms with E-state index in [2.05, 4.69) is 0 Å². The van der Waals surface area contributed by atoms with Gasteiger partial charge in [-0.25, -0.2) is 14.1 Å². The number of ether oxygens (including phenoxy) is 1. The molecule has 4 amide bonds. The number of non-ortho nitro benzene ring substituents is 1. The average Bonchev–Trinajstić information content (AvgIpc) is 2.82. The topological polar surface area (TPSA) is 119 Å². The van der Waals surface area contributed by atoms with Gasteiger partial charge in [0.15, 0.2) is 5.75 Å². The lowest BCUT2D eigenvalue weighted by atomic mass is 10.1. The zero-order chi connectivity index (χ0) is 26.0. The first-order valence-corrected chi connectivity index (χ1v) is 10.9. The van der Waals surface area contributed by atoms with Crippen LogP contribution >= 0.6 is 23.2 Å². The quantitative estimate of drug-likeness (QED) is 0.200. The van der Waals surface area contributed by atoms with Crippen LogP contribution in [-0.2, 0) is 16.2 Å². The molecule has 0 bridgehead atoms. The van der Waals surface area contributed by atoms with Gasteiger partial charge in [0.25, 0.3) is 17.5 Å². The average molecular weight is 530 g/mol. The minimum Gasteiger partial charge on any atom is -0.486 e. The fourth-order valence-electron chi connectivity index (χ4n) is 3.35. The molecule has 1 saturated heterocycles. The highest BCUT2D eigenvalue weighted by Gasteiger charge is 2.37. The summed E-state index contributed by atoms with van der Waals surface area (Å²) in [5.41, 5.74) is -0.0809. The Balaban J connectivity index is 1.61. The number of amides is 4. The summed E-state index contributed by atoms with van der Waals surface area (Å²) in [6.45, 7) is -0.139. The first-order chi connectivity index (χ1) is 17.2. The molecule has 1 N–H and O–H groups in total. The van der Waals surface area contributed by atoms with Crippen molar-refractivity contribution in [2.75, 3.05) is 4.90 Å². The van der Waals surface area contributed by atoms with Crippen LogP contribution in [0.5, 0.6) is 5.75 Å². The number of rotatable bonds is 6. The van der Waals surface area contributed by atoms with E-state index in [-0.39, 0.29) is 44.9 Å². The van der Waals surface area contributed by atoms with Gasteiger partial charge in [0.1, 0.15) is 18.0 Å². The van der Waals surface area contributed by atoms with Gasteiger partial charge in [0, 0.05) is 17.7 Å². The van der Waals surface area contributed by atoms with Gasteiger partial charge in [-0.15, -0.1) is 0 Å². The standard InChI is InChI=1S/C24H14Cl2FN3O6/c25-18-10-13(11-19(26)21(18)36-12-14-3-1-2-4-20(14)27)9-17-22(31)28-24(33)29(23(17)32)15-5-7-16(8-6-15)30(34)35/h1-11H,12H2,(H,28,31,33)/b17-9+. The predicted molar refractivity (Wildman–Crippen MR) is 129 cm³/mol. The summed E-state index contributed by atoms with van der Waals surface area (Å²) in [5.74, 6) is -2.29. The van der Waals surface area contributed by atoms with Crippen molar-refractivity contribution in [3.05, 3.63) is 103 Å². The highest BCUT2D eigenvalue weighted by Crippen LogP contribution is 2.36. The maximum Gasteiger partial charge on any atom is 0.335 e. The Kier molecular flexibility index (Phi) is 7.00. The molecule has 0 unspecified atom stereocenters. The van der Waals surface area contributed by atoms with Crippen molar-refractivity contribution in [1.82, 2.24) is 5.32 Å². The summed E-state index contributed by atoms with van der Waals surface area (Å²) in [6.07, 6.45) is 1.18. The van der Waals surface area contributed by atoms with E-state index in [9.17, 15) is 28.9 Å². The zero-order valence-electron chi connectivity index (χ0n) is 18.0. The number of hydrogen-bond donors (Lipinski definition) is 1. The first kappa shape index (κ1) is 24.8. The van der Waals surface area contributed by atoms with E-state index in [1.165, 1.54) is 36.4 Å². The maximum atomic E-state index is 13.8. The summed E-state index contributed by atoms with van der Waals surface area (Å²) >= 11 is 12.6. The summed E-state index contributed by atoms with van der Waals surface area (Å²) in [4.78, 5) is 48.7. The molecular weight excluding hydrogens is 516 g/mol. The Morgan fingerprint density at radius 2 is 1.67 bits per heavy atom. The molecule has 9 nitrogen and oxygen atoms in total. The molecule has 1 heterocycles. The lowest BCUT2D eigenvalue weighted by molar-refractivity contribution is -0.384. The van der Waals surface area contributed by atoms with Crippen LogP contribution in [0, 0.1) is 15.9 Å². The van der Waals surface area contributed by atoms with Gasteiger partial charge in [-0.1, -0.05) is 41.4 Å². The van der Waals surface area contributed by atoms with Gasteiger partial charge in [0.05, 0.1) is 20.7 Å². The Morgan fingerprint density at radius 3 is 2.28 bits per heavy atom. The van der Waals surface area contributed by atoms with E-state index < -0.39 is 34.2 Å². The van der Waals surface area contributed by atoms with E-state index in [0.29, 0.717) is 4.90 Å². The number of benzene rings is 3. The van der Waals surface area contributed by atoms with E-state index in [0.717, 1.165) is 12.1 Å². The van der Waals surface area contributed by atoms with Crippen molar-refractivity contribution in [2.24, 2.45) is 0 Å². The number of nitrogens with zero attached hydrogens (tertiary/aromatic N) is 2. The second-order valence-electron chi connectivity index (χ2n) is 7.43. The molecule has 0 atom stereocenters. The fourth-order valence-corrected chi connectivity index (χ4v) is 3.96. The highest BCUT2D eigenvalue weighted by atomic mass is 35.5. The van der Waals surface area contributed by atoms with Crippen LogP contribution in [0.15, 0.2) is 66.2 Å². The molecule has 1 aliphatic rings. The Morgan fingerprint density at radius 1 is 1.03 bits per heavy atom. The number of carbonyl (C=O) groups is 3. The van der Waals surface area contributed by atoms with Crippen LogP contribution < -0.4 is 15.0 Å². The van der Waals surface area contributed by atoms with Gasteiger partial charge in [-0.05, 0) is 42.0 Å². The van der Waals surface area contributed by atoms with E-state index in [1.54, 1.807) is 18.2 Å². The number of nitrogens with one attached hydrogen (secondary N) is 1. The number of halogens is 3. The third kappa shape index (κ3) is 5.04. The normalized spacial score (nSPS) is 14.7. The summed E-state index contributed by atoms with van der Waals surface area (Å²) in [6, 6.07) is 12.4. The highest BCUT2D eigenvalue weighted by molar-refractivity contribution is 6.40. The number of nitro benzene ring substituents is 1. The predicted octanol–water partition coefficient (Wildman–Crippen LogP) is 5.29. The summed E-state index contributed by atoms with van der Waals surface area (Å²) in [7, 11) is 0. The third-order valence-corrected chi connectivity index (χ3v) is 5.64.